The number of hydrogen-bond donors (Lipinski definition) is 2. The number of benzene rings is 2. The number of hydrogen-bond acceptors (Lipinski definition) is 3. The molecular formula is C15H12ClNO4S. The maximum absolute atomic E-state index is 12.2. The molecule has 0 aromatic heterocycles. The molecular weight excluding hydrogens is 326 g/mol. The van der Waals surface area contributed by atoms with Crippen molar-refractivity contribution >= 4 is 39.4 Å². The number of anilines is 1. The van der Waals surface area contributed by atoms with Crippen molar-refractivity contribution in [2.75, 3.05) is 4.72 Å². The summed E-state index contributed by atoms with van der Waals surface area (Å²) in [5, 5.41) is 9.05. The molecule has 0 fully saturated rings. The molecule has 0 radical (unpaired) electrons. The van der Waals surface area contributed by atoms with Crippen molar-refractivity contribution in [2.45, 2.75) is 4.90 Å². The van der Waals surface area contributed by atoms with Gasteiger partial charge in [-0.25, -0.2) is 13.2 Å². The number of halogens is 1. The van der Waals surface area contributed by atoms with Crippen LogP contribution >= 0.6 is 11.6 Å². The summed E-state index contributed by atoms with van der Waals surface area (Å²) in [4.78, 5) is 10.5. The zero-order valence-corrected chi connectivity index (χ0v) is 12.8. The first-order valence-corrected chi connectivity index (χ1v) is 8.02. The number of carboxylic acid groups (broad SMARTS) is 1. The molecule has 0 spiro atoms. The Morgan fingerprint density at radius 2 is 1.64 bits per heavy atom. The monoisotopic (exact) mass is 337 g/mol. The van der Waals surface area contributed by atoms with E-state index < -0.39 is 16.0 Å². The molecule has 7 heteroatoms. The van der Waals surface area contributed by atoms with Gasteiger partial charge in [-0.15, -0.1) is 0 Å². The van der Waals surface area contributed by atoms with Crippen LogP contribution in [0.15, 0.2) is 59.5 Å². The Kier molecular flexibility index (Phi) is 4.85. The SMILES string of the molecule is O=C(O)/C=C/c1ccc(S(=O)(=O)Nc2ccc(Cl)cc2)cc1. The average Bonchev–Trinajstić information content (AvgIpc) is 2.48. The summed E-state index contributed by atoms with van der Waals surface area (Å²) in [7, 11) is -3.71. The lowest BCUT2D eigenvalue weighted by atomic mass is 10.2. The Morgan fingerprint density at radius 1 is 1.05 bits per heavy atom. The lowest BCUT2D eigenvalue weighted by molar-refractivity contribution is -0.131. The minimum absolute atomic E-state index is 0.0786. The second kappa shape index (κ2) is 6.64. The van der Waals surface area contributed by atoms with E-state index in [9.17, 15) is 13.2 Å². The van der Waals surface area contributed by atoms with Crippen LogP contribution in [0.4, 0.5) is 5.69 Å². The van der Waals surface area contributed by atoms with E-state index in [1.54, 1.807) is 24.3 Å². The third-order valence-electron chi connectivity index (χ3n) is 2.71. The molecule has 0 heterocycles. The van der Waals surface area contributed by atoms with E-state index >= 15 is 0 Å². The van der Waals surface area contributed by atoms with Crippen molar-refractivity contribution < 1.29 is 18.3 Å². The third kappa shape index (κ3) is 4.34. The molecule has 0 aliphatic carbocycles. The smallest absolute Gasteiger partial charge is 0.328 e. The summed E-state index contributed by atoms with van der Waals surface area (Å²) in [5.74, 6) is -1.07. The predicted molar refractivity (Wildman–Crippen MR) is 85.4 cm³/mol. The van der Waals surface area contributed by atoms with Gasteiger partial charge in [0, 0.05) is 16.8 Å². The molecule has 2 aromatic rings. The number of aliphatic carboxylic acids is 1. The molecule has 2 N–H and O–H groups in total. The van der Waals surface area contributed by atoms with Crippen molar-refractivity contribution in [2.24, 2.45) is 0 Å². The Labute approximate surface area is 132 Å². The molecule has 114 valence electrons. The molecule has 0 saturated carbocycles. The van der Waals surface area contributed by atoms with Crippen LogP contribution in [0.1, 0.15) is 5.56 Å². The van der Waals surface area contributed by atoms with Crippen LogP contribution in [0.2, 0.25) is 5.02 Å². The zero-order chi connectivity index (χ0) is 16.2. The Morgan fingerprint density at radius 3 is 2.18 bits per heavy atom. The molecule has 0 atom stereocenters. The third-order valence-corrected chi connectivity index (χ3v) is 4.35. The van der Waals surface area contributed by atoms with E-state index in [0.717, 1.165) is 6.08 Å². The van der Waals surface area contributed by atoms with Crippen LogP contribution in [-0.2, 0) is 14.8 Å². The Hall–Kier alpha value is -2.31. The summed E-state index contributed by atoms with van der Waals surface area (Å²) in [5.41, 5.74) is 0.993. The van der Waals surface area contributed by atoms with Crippen LogP contribution in [0.25, 0.3) is 6.08 Å². The maximum atomic E-state index is 12.2. The highest BCUT2D eigenvalue weighted by Crippen LogP contribution is 2.19. The molecule has 2 rings (SSSR count). The molecule has 0 amide bonds. The number of carbonyl (C=O) groups is 1. The topological polar surface area (TPSA) is 83.5 Å². The maximum Gasteiger partial charge on any atom is 0.328 e. The van der Waals surface area contributed by atoms with Crippen molar-refractivity contribution in [3.8, 4) is 0 Å². The van der Waals surface area contributed by atoms with Crippen molar-refractivity contribution in [3.05, 3.63) is 65.2 Å². The van der Waals surface area contributed by atoms with Crippen molar-refractivity contribution in [1.29, 1.82) is 0 Å². The minimum atomic E-state index is -3.71. The van der Waals surface area contributed by atoms with Gasteiger partial charge in [0.1, 0.15) is 0 Å². The van der Waals surface area contributed by atoms with E-state index in [1.165, 1.54) is 30.3 Å². The van der Waals surface area contributed by atoms with Gasteiger partial charge in [0.2, 0.25) is 0 Å². The first-order valence-electron chi connectivity index (χ1n) is 6.16. The molecule has 0 aliphatic heterocycles. The van der Waals surface area contributed by atoms with Crippen LogP contribution in [0.5, 0.6) is 0 Å². The number of carboxylic acids is 1. The quantitative estimate of drug-likeness (QED) is 0.820. The van der Waals surface area contributed by atoms with E-state index in [-0.39, 0.29) is 4.90 Å². The fourth-order valence-corrected chi connectivity index (χ4v) is 2.84. The molecule has 22 heavy (non-hydrogen) atoms. The zero-order valence-electron chi connectivity index (χ0n) is 11.2. The fraction of sp³-hybridized carbons (Fsp3) is 0. The summed E-state index contributed by atoms with van der Waals surface area (Å²) in [6, 6.07) is 12.1. The summed E-state index contributed by atoms with van der Waals surface area (Å²) < 4.78 is 26.8. The second-order valence-electron chi connectivity index (χ2n) is 4.35. The molecule has 5 nitrogen and oxygen atoms in total. The summed E-state index contributed by atoms with van der Waals surface area (Å²) in [6.07, 6.45) is 2.36. The number of rotatable bonds is 5. The van der Waals surface area contributed by atoms with Crippen molar-refractivity contribution in [1.82, 2.24) is 0 Å². The van der Waals surface area contributed by atoms with E-state index in [4.69, 9.17) is 16.7 Å². The van der Waals surface area contributed by atoms with E-state index in [0.29, 0.717) is 16.3 Å². The fourth-order valence-electron chi connectivity index (χ4n) is 1.66. The molecule has 2 aromatic carbocycles. The van der Waals surface area contributed by atoms with Gasteiger partial charge in [0.15, 0.2) is 0 Å². The van der Waals surface area contributed by atoms with Crippen LogP contribution in [0, 0.1) is 0 Å². The van der Waals surface area contributed by atoms with Crippen LogP contribution in [0.3, 0.4) is 0 Å². The highest BCUT2D eigenvalue weighted by atomic mass is 35.5. The first kappa shape index (κ1) is 16.1. The molecule has 0 saturated heterocycles. The standard InChI is InChI=1S/C15H12ClNO4S/c16-12-4-6-13(7-5-12)17-22(20,21)14-8-1-11(2-9-14)3-10-15(18)19/h1-10,17H,(H,18,19)/b10-3+. The number of sulfonamides is 1. The van der Waals surface area contributed by atoms with Crippen molar-refractivity contribution in [3.63, 3.8) is 0 Å². The second-order valence-corrected chi connectivity index (χ2v) is 6.47. The van der Waals surface area contributed by atoms with Gasteiger partial charge in [0.25, 0.3) is 10.0 Å². The highest BCUT2D eigenvalue weighted by molar-refractivity contribution is 7.92. The molecule has 0 unspecified atom stereocenters. The lowest BCUT2D eigenvalue weighted by Crippen LogP contribution is -2.12. The lowest BCUT2D eigenvalue weighted by Gasteiger charge is -2.08. The van der Waals surface area contributed by atoms with Gasteiger partial charge in [-0.1, -0.05) is 23.7 Å². The summed E-state index contributed by atoms with van der Waals surface area (Å²) in [6.45, 7) is 0. The first-order chi connectivity index (χ1) is 10.4. The van der Waals surface area contributed by atoms with Gasteiger partial charge >= 0.3 is 5.97 Å². The normalized spacial score (nSPS) is 11.5. The van der Waals surface area contributed by atoms with Crippen LogP contribution in [-0.4, -0.2) is 19.5 Å². The van der Waals surface area contributed by atoms with Gasteiger partial charge in [-0.2, -0.15) is 0 Å². The molecule has 0 aliphatic rings. The Bertz CT molecular complexity index is 796. The van der Waals surface area contributed by atoms with Gasteiger partial charge in [-0.3, -0.25) is 4.72 Å². The van der Waals surface area contributed by atoms with Gasteiger partial charge < -0.3 is 5.11 Å². The van der Waals surface area contributed by atoms with Crippen LogP contribution < -0.4 is 4.72 Å². The highest BCUT2D eigenvalue weighted by Gasteiger charge is 2.13. The predicted octanol–water partition coefficient (Wildman–Crippen LogP) is 3.24. The summed E-state index contributed by atoms with van der Waals surface area (Å²) >= 11 is 5.74. The molecule has 0 bridgehead atoms. The minimum Gasteiger partial charge on any atom is -0.478 e. The van der Waals surface area contributed by atoms with E-state index in [2.05, 4.69) is 4.72 Å². The largest absolute Gasteiger partial charge is 0.478 e. The number of nitrogens with one attached hydrogen (secondary N) is 1. The van der Waals surface area contributed by atoms with E-state index in [1.807, 2.05) is 0 Å². The van der Waals surface area contributed by atoms with Gasteiger partial charge in [0.05, 0.1) is 4.90 Å². The average molecular weight is 338 g/mol. The Balaban J connectivity index is 2.19. The van der Waals surface area contributed by atoms with Gasteiger partial charge in [-0.05, 0) is 48.0 Å².